The van der Waals surface area contributed by atoms with Gasteiger partial charge in [0.25, 0.3) is 6.01 Å². The molecule has 1 aliphatic carbocycles. The molecule has 1 saturated carbocycles. The highest BCUT2D eigenvalue weighted by atomic mass is 35.5. The van der Waals surface area contributed by atoms with Gasteiger partial charge < -0.3 is 10.1 Å². The van der Waals surface area contributed by atoms with E-state index in [1.807, 2.05) is 6.07 Å². The normalized spacial score (nSPS) is 14.5. The summed E-state index contributed by atoms with van der Waals surface area (Å²) >= 11 is 6.00. The summed E-state index contributed by atoms with van der Waals surface area (Å²) in [6.07, 6.45) is 6.91. The molecule has 0 amide bonds. The number of nitrogens with one attached hydrogen (secondary N) is 2. The molecule has 2 N–H and O–H groups in total. The quantitative estimate of drug-likeness (QED) is 0.662. The van der Waals surface area contributed by atoms with E-state index < -0.39 is 0 Å². The first kappa shape index (κ1) is 15.1. The fourth-order valence-electron chi connectivity index (χ4n) is 2.50. The predicted molar refractivity (Wildman–Crippen MR) is 88.9 cm³/mol. The van der Waals surface area contributed by atoms with Gasteiger partial charge in [0.15, 0.2) is 17.0 Å². The third-order valence-corrected chi connectivity index (χ3v) is 4.23. The third-order valence-electron chi connectivity index (χ3n) is 4.06. The minimum absolute atomic E-state index is 0.141. The highest BCUT2D eigenvalue weighted by molar-refractivity contribution is 6.28. The van der Waals surface area contributed by atoms with Crippen LogP contribution in [0.25, 0.3) is 11.2 Å². The molecular weight excluding hydrogens is 330 g/mol. The highest BCUT2D eigenvalue weighted by Crippen LogP contribution is 2.28. The smallest absolute Gasteiger partial charge is 0.295 e. The number of aromatic nitrogens is 6. The fourth-order valence-corrected chi connectivity index (χ4v) is 2.67. The van der Waals surface area contributed by atoms with Crippen LogP contribution in [0.3, 0.4) is 0 Å². The van der Waals surface area contributed by atoms with Crippen LogP contribution in [0.2, 0.25) is 5.28 Å². The molecule has 1 fully saturated rings. The van der Waals surface area contributed by atoms with E-state index in [9.17, 15) is 0 Å². The molecule has 3 aromatic heterocycles. The van der Waals surface area contributed by atoms with Crippen molar-refractivity contribution in [2.45, 2.75) is 25.8 Å². The Labute approximate surface area is 143 Å². The number of rotatable bonds is 6. The molecular formula is C15H16ClN7O. The molecule has 8 nitrogen and oxygen atoms in total. The van der Waals surface area contributed by atoms with Gasteiger partial charge in [0, 0.05) is 6.20 Å². The van der Waals surface area contributed by atoms with Gasteiger partial charge in [-0.15, -0.1) is 0 Å². The minimum atomic E-state index is 0.141. The van der Waals surface area contributed by atoms with E-state index in [1.165, 1.54) is 25.6 Å². The van der Waals surface area contributed by atoms with E-state index >= 15 is 0 Å². The third kappa shape index (κ3) is 3.23. The lowest BCUT2D eigenvalue weighted by Crippen LogP contribution is -2.19. The van der Waals surface area contributed by atoms with Crippen LogP contribution >= 0.6 is 11.6 Å². The maximum atomic E-state index is 6.00. The number of halogens is 1. The molecule has 0 aliphatic heterocycles. The lowest BCUT2D eigenvalue weighted by atomic mass is 9.86. The average molecular weight is 346 g/mol. The van der Waals surface area contributed by atoms with Crippen LogP contribution < -0.4 is 10.1 Å². The van der Waals surface area contributed by atoms with Crippen molar-refractivity contribution >= 4 is 28.6 Å². The van der Waals surface area contributed by atoms with Crippen molar-refractivity contribution in [3.05, 3.63) is 29.6 Å². The maximum absolute atomic E-state index is 6.00. The summed E-state index contributed by atoms with van der Waals surface area (Å²) in [5.41, 5.74) is 1.98. The summed E-state index contributed by atoms with van der Waals surface area (Å²) in [6, 6.07) is 2.27. The maximum Gasteiger partial charge on any atom is 0.295 e. The summed E-state index contributed by atoms with van der Waals surface area (Å²) < 4.78 is 5.73. The largest absolute Gasteiger partial charge is 0.464 e. The molecule has 124 valence electrons. The van der Waals surface area contributed by atoms with E-state index in [0.29, 0.717) is 42.1 Å². The molecule has 3 heterocycles. The zero-order valence-corrected chi connectivity index (χ0v) is 13.6. The number of imidazole rings is 1. The van der Waals surface area contributed by atoms with Gasteiger partial charge in [0.05, 0.1) is 18.8 Å². The van der Waals surface area contributed by atoms with E-state index in [2.05, 4.69) is 35.2 Å². The Kier molecular flexibility index (Phi) is 4.12. The molecule has 1 aliphatic rings. The van der Waals surface area contributed by atoms with Crippen LogP contribution in [0.1, 0.15) is 25.0 Å². The summed E-state index contributed by atoms with van der Waals surface area (Å²) in [6.45, 7) is 1.15. The van der Waals surface area contributed by atoms with Gasteiger partial charge in [-0.3, -0.25) is 4.98 Å². The van der Waals surface area contributed by atoms with E-state index in [4.69, 9.17) is 16.3 Å². The first-order chi connectivity index (χ1) is 11.8. The lowest BCUT2D eigenvalue weighted by Gasteiger charge is -2.24. The van der Waals surface area contributed by atoms with Crippen molar-refractivity contribution in [3.63, 3.8) is 0 Å². The number of hydrogen-bond acceptors (Lipinski definition) is 7. The lowest BCUT2D eigenvalue weighted by molar-refractivity contribution is 0.171. The van der Waals surface area contributed by atoms with Crippen LogP contribution in [0.4, 0.5) is 5.82 Å². The van der Waals surface area contributed by atoms with E-state index in [1.54, 1.807) is 6.20 Å². The minimum Gasteiger partial charge on any atom is -0.464 e. The molecule has 24 heavy (non-hydrogen) atoms. The Morgan fingerprint density at radius 2 is 2.21 bits per heavy atom. The zero-order chi connectivity index (χ0) is 16.4. The SMILES string of the molecule is Clc1nc(NCc2ccncn2)c2nc(OCC3CCC3)[nH]c2n1. The molecule has 9 heteroatoms. The monoisotopic (exact) mass is 345 g/mol. The van der Waals surface area contributed by atoms with Crippen LogP contribution in [0.5, 0.6) is 6.01 Å². The molecule has 0 atom stereocenters. The van der Waals surface area contributed by atoms with Gasteiger partial charge in [0.2, 0.25) is 5.28 Å². The molecule has 0 aromatic carbocycles. The standard InChI is InChI=1S/C15H16ClN7O/c16-14-21-12(18-6-10-4-5-17-8-19-10)11-13(22-14)23-15(20-11)24-7-9-2-1-3-9/h4-5,8-9H,1-3,6-7H2,(H2,18,20,21,22,23). The highest BCUT2D eigenvalue weighted by Gasteiger charge is 2.19. The number of H-pyrrole nitrogens is 1. The summed E-state index contributed by atoms with van der Waals surface area (Å²) in [7, 11) is 0. The zero-order valence-electron chi connectivity index (χ0n) is 12.9. The first-order valence-electron chi connectivity index (χ1n) is 7.83. The average Bonchev–Trinajstić information content (AvgIpc) is 2.95. The molecule has 3 aromatic rings. The Morgan fingerprint density at radius 1 is 1.29 bits per heavy atom. The second kappa shape index (κ2) is 6.56. The molecule has 0 spiro atoms. The van der Waals surface area contributed by atoms with Gasteiger partial charge >= 0.3 is 0 Å². The fraction of sp³-hybridized carbons (Fsp3) is 0.400. The van der Waals surface area contributed by atoms with Gasteiger partial charge in [-0.2, -0.15) is 15.0 Å². The molecule has 0 saturated heterocycles. The van der Waals surface area contributed by atoms with Gasteiger partial charge in [-0.05, 0) is 36.4 Å². The van der Waals surface area contributed by atoms with E-state index in [0.717, 1.165) is 5.69 Å². The van der Waals surface area contributed by atoms with Gasteiger partial charge in [-0.1, -0.05) is 6.42 Å². The molecule has 4 rings (SSSR count). The van der Waals surface area contributed by atoms with Crippen molar-refractivity contribution in [1.29, 1.82) is 0 Å². The first-order valence-corrected chi connectivity index (χ1v) is 8.20. The Hall–Kier alpha value is -2.48. The van der Waals surface area contributed by atoms with Gasteiger partial charge in [-0.25, -0.2) is 9.97 Å². The Bertz CT molecular complexity index is 834. The van der Waals surface area contributed by atoms with Gasteiger partial charge in [0.1, 0.15) is 6.33 Å². The molecule has 0 bridgehead atoms. The number of nitrogens with zero attached hydrogens (tertiary/aromatic N) is 5. The topological polar surface area (TPSA) is 102 Å². The van der Waals surface area contributed by atoms with E-state index in [-0.39, 0.29) is 5.28 Å². The van der Waals surface area contributed by atoms with Crippen LogP contribution in [0.15, 0.2) is 18.6 Å². The Morgan fingerprint density at radius 3 is 2.96 bits per heavy atom. The summed E-state index contributed by atoms with van der Waals surface area (Å²) in [5, 5.41) is 3.32. The molecule has 0 unspecified atom stereocenters. The number of ether oxygens (including phenoxy) is 1. The molecule has 0 radical (unpaired) electrons. The van der Waals surface area contributed by atoms with Crippen molar-refractivity contribution in [2.75, 3.05) is 11.9 Å². The number of fused-ring (bicyclic) bond motifs is 1. The predicted octanol–water partition coefficient (Wildman–Crippen LogP) is 2.59. The summed E-state index contributed by atoms with van der Waals surface area (Å²) in [4.78, 5) is 23.9. The second-order valence-corrected chi connectivity index (χ2v) is 6.08. The van der Waals surface area contributed by atoms with Crippen molar-refractivity contribution in [2.24, 2.45) is 5.92 Å². The number of aromatic amines is 1. The van der Waals surface area contributed by atoms with Crippen LogP contribution in [-0.2, 0) is 6.54 Å². The number of anilines is 1. The van der Waals surface area contributed by atoms with Crippen molar-refractivity contribution in [1.82, 2.24) is 29.9 Å². The number of hydrogen-bond donors (Lipinski definition) is 2. The summed E-state index contributed by atoms with van der Waals surface area (Å²) in [5.74, 6) is 1.17. The van der Waals surface area contributed by atoms with Crippen molar-refractivity contribution < 1.29 is 4.74 Å². The van der Waals surface area contributed by atoms with Crippen LogP contribution in [0, 0.1) is 5.92 Å². The Balaban J connectivity index is 1.53. The van der Waals surface area contributed by atoms with Crippen LogP contribution in [-0.4, -0.2) is 36.5 Å². The second-order valence-electron chi connectivity index (χ2n) is 5.74. The van der Waals surface area contributed by atoms with Crippen molar-refractivity contribution in [3.8, 4) is 6.01 Å².